The highest BCUT2D eigenvalue weighted by Crippen LogP contribution is 2.43. The molecule has 2 aromatic rings. The molecule has 1 N–H and O–H groups in total. The molecule has 0 saturated carbocycles. The number of aromatic nitrogens is 2. The summed E-state index contributed by atoms with van der Waals surface area (Å²) in [7, 11) is 0. The average molecular weight is 435 g/mol. The average Bonchev–Trinajstić information content (AvgIpc) is 3.04. The summed E-state index contributed by atoms with van der Waals surface area (Å²) in [5.74, 6) is 0.440. The molecule has 0 aliphatic heterocycles. The molecular weight excluding hydrogens is 412 g/mol. The largest absolute Gasteiger partial charge is 0.315 e. The van der Waals surface area contributed by atoms with Gasteiger partial charge in [0.2, 0.25) is 5.91 Å². The van der Waals surface area contributed by atoms with E-state index in [-0.39, 0.29) is 17.9 Å². The second kappa shape index (κ2) is 7.16. The van der Waals surface area contributed by atoms with Crippen LogP contribution in [0.25, 0.3) is 0 Å². The van der Waals surface area contributed by atoms with Gasteiger partial charge in [0.05, 0.1) is 15.7 Å². The molecule has 5 nitrogen and oxygen atoms in total. The fourth-order valence-electron chi connectivity index (χ4n) is 3.42. The number of fused-ring (bicyclic) bond motifs is 1. The van der Waals surface area contributed by atoms with Crippen molar-refractivity contribution in [2.24, 2.45) is 11.3 Å². The molecule has 138 valence electrons. The molecule has 0 spiro atoms. The van der Waals surface area contributed by atoms with E-state index in [4.69, 9.17) is 0 Å². The molecule has 0 unspecified atom stereocenters. The second-order valence-electron chi connectivity index (χ2n) is 7.93. The Labute approximate surface area is 166 Å². The number of thiophene rings is 1. The van der Waals surface area contributed by atoms with Crippen molar-refractivity contribution in [1.82, 2.24) is 9.78 Å². The minimum Gasteiger partial charge on any atom is -0.315 e. The van der Waals surface area contributed by atoms with Crippen LogP contribution in [0.4, 0.5) is 5.00 Å². The molecule has 0 saturated heterocycles. The van der Waals surface area contributed by atoms with Gasteiger partial charge in [0.25, 0.3) is 0 Å². The van der Waals surface area contributed by atoms with Crippen molar-refractivity contribution in [2.45, 2.75) is 53.5 Å². The number of hydrogen-bond donors (Lipinski definition) is 1. The van der Waals surface area contributed by atoms with E-state index in [1.54, 1.807) is 22.2 Å². The highest BCUT2D eigenvalue weighted by Gasteiger charge is 2.32. The lowest BCUT2D eigenvalue weighted by atomic mass is 9.72. The van der Waals surface area contributed by atoms with Gasteiger partial charge in [-0.2, -0.15) is 10.4 Å². The molecule has 1 aliphatic carbocycles. The van der Waals surface area contributed by atoms with Gasteiger partial charge in [-0.1, -0.05) is 20.8 Å². The normalized spacial score (nSPS) is 16.8. The number of halogens is 1. The zero-order valence-electron chi connectivity index (χ0n) is 15.5. The topological polar surface area (TPSA) is 70.7 Å². The van der Waals surface area contributed by atoms with E-state index in [1.165, 1.54) is 4.88 Å². The molecule has 0 bridgehead atoms. The van der Waals surface area contributed by atoms with Gasteiger partial charge in [0, 0.05) is 11.1 Å². The van der Waals surface area contributed by atoms with E-state index in [0.717, 1.165) is 35.0 Å². The van der Waals surface area contributed by atoms with Crippen LogP contribution in [0.5, 0.6) is 0 Å². The zero-order valence-corrected chi connectivity index (χ0v) is 17.9. The summed E-state index contributed by atoms with van der Waals surface area (Å²) in [6, 6.07) is 2.31. The minimum atomic E-state index is -0.164. The maximum Gasteiger partial charge on any atom is 0.246 e. The minimum absolute atomic E-state index is 0.129. The van der Waals surface area contributed by atoms with E-state index in [9.17, 15) is 10.1 Å². The van der Waals surface area contributed by atoms with Gasteiger partial charge < -0.3 is 5.32 Å². The predicted molar refractivity (Wildman–Crippen MR) is 107 cm³/mol. The molecular formula is C19H23BrN4OS. The molecule has 1 aliphatic rings. The van der Waals surface area contributed by atoms with Crippen molar-refractivity contribution in [3.63, 3.8) is 0 Å². The Morgan fingerprint density at radius 1 is 1.54 bits per heavy atom. The molecule has 0 aromatic carbocycles. The highest BCUT2D eigenvalue weighted by molar-refractivity contribution is 9.10. The van der Waals surface area contributed by atoms with Crippen molar-refractivity contribution in [1.29, 1.82) is 5.26 Å². The fraction of sp³-hybridized carbons (Fsp3) is 0.526. The number of anilines is 1. The van der Waals surface area contributed by atoms with Crippen LogP contribution >= 0.6 is 27.3 Å². The monoisotopic (exact) mass is 434 g/mol. The van der Waals surface area contributed by atoms with E-state index in [2.05, 4.69) is 53.2 Å². The van der Waals surface area contributed by atoms with Crippen LogP contribution in [-0.2, 0) is 24.2 Å². The fourth-order valence-corrected chi connectivity index (χ4v) is 5.03. The lowest BCUT2D eigenvalue weighted by Gasteiger charge is -2.33. The summed E-state index contributed by atoms with van der Waals surface area (Å²) in [4.78, 5) is 13.7. The quantitative estimate of drug-likeness (QED) is 0.761. The Morgan fingerprint density at radius 2 is 2.27 bits per heavy atom. The number of aryl methyl sites for hydroxylation is 1. The molecule has 1 amide bonds. The van der Waals surface area contributed by atoms with Crippen LogP contribution in [0.15, 0.2) is 10.7 Å². The van der Waals surface area contributed by atoms with E-state index < -0.39 is 0 Å². The Hall–Kier alpha value is -1.65. The molecule has 3 rings (SSSR count). The Balaban J connectivity index is 1.78. The Bertz CT molecular complexity index is 865. The van der Waals surface area contributed by atoms with Crippen LogP contribution in [0, 0.1) is 29.6 Å². The second-order valence-corrected chi connectivity index (χ2v) is 9.89. The highest BCUT2D eigenvalue weighted by atomic mass is 79.9. The van der Waals surface area contributed by atoms with Gasteiger partial charge in [0.15, 0.2) is 0 Å². The first-order valence-electron chi connectivity index (χ1n) is 8.73. The molecule has 2 heterocycles. The van der Waals surface area contributed by atoms with Crippen LogP contribution in [-0.4, -0.2) is 15.7 Å². The Morgan fingerprint density at radius 3 is 2.85 bits per heavy atom. The third-order valence-corrected chi connectivity index (χ3v) is 7.00. The van der Waals surface area contributed by atoms with Crippen LogP contribution in [0.3, 0.4) is 0 Å². The summed E-state index contributed by atoms with van der Waals surface area (Å²) >= 11 is 4.96. The molecule has 2 aromatic heterocycles. The van der Waals surface area contributed by atoms with Crippen LogP contribution in [0.1, 0.15) is 48.9 Å². The first-order valence-corrected chi connectivity index (χ1v) is 10.3. The first-order chi connectivity index (χ1) is 12.2. The summed E-state index contributed by atoms with van der Waals surface area (Å²) in [5.41, 5.74) is 2.87. The Kier molecular flexibility index (Phi) is 5.27. The lowest BCUT2D eigenvalue weighted by molar-refractivity contribution is -0.116. The SMILES string of the molecule is Cc1nn(CC(=O)Nc2sc3c(c2C#N)CC[C@H](C(C)(C)C)C3)cc1Br. The van der Waals surface area contributed by atoms with Gasteiger partial charge in [-0.15, -0.1) is 11.3 Å². The third kappa shape index (κ3) is 3.86. The van der Waals surface area contributed by atoms with Gasteiger partial charge in [-0.05, 0) is 59.0 Å². The maximum absolute atomic E-state index is 12.4. The predicted octanol–water partition coefficient (Wildman–Crippen LogP) is 4.68. The summed E-state index contributed by atoms with van der Waals surface area (Å²) in [6.45, 7) is 8.83. The first kappa shape index (κ1) is 19.1. The van der Waals surface area contributed by atoms with Gasteiger partial charge >= 0.3 is 0 Å². The molecule has 1 atom stereocenters. The number of amides is 1. The molecule has 0 fully saturated rings. The summed E-state index contributed by atoms with van der Waals surface area (Å²) in [5, 5.41) is 17.5. The van der Waals surface area contributed by atoms with Crippen molar-refractivity contribution in [2.75, 3.05) is 5.32 Å². The van der Waals surface area contributed by atoms with Gasteiger partial charge in [-0.25, -0.2) is 0 Å². The van der Waals surface area contributed by atoms with E-state index >= 15 is 0 Å². The van der Waals surface area contributed by atoms with Gasteiger partial charge in [-0.3, -0.25) is 9.48 Å². The summed E-state index contributed by atoms with van der Waals surface area (Å²) < 4.78 is 2.48. The lowest BCUT2D eigenvalue weighted by Crippen LogP contribution is -2.26. The third-order valence-electron chi connectivity index (χ3n) is 5.05. The standard InChI is InChI=1S/C19H23BrN4OS/c1-11-15(20)9-24(23-11)10-17(25)22-18-14(8-21)13-6-5-12(19(2,3)4)7-16(13)26-18/h9,12H,5-7,10H2,1-4H3,(H,22,25)/t12-/m0/s1. The van der Waals surface area contributed by atoms with E-state index in [0.29, 0.717) is 16.5 Å². The van der Waals surface area contributed by atoms with Crippen molar-refractivity contribution in [3.8, 4) is 6.07 Å². The number of nitrogens with zero attached hydrogens (tertiary/aromatic N) is 3. The zero-order chi connectivity index (χ0) is 19.1. The number of carbonyl (C=O) groups excluding carboxylic acids is 1. The smallest absolute Gasteiger partial charge is 0.246 e. The van der Waals surface area contributed by atoms with Crippen LogP contribution < -0.4 is 5.32 Å². The van der Waals surface area contributed by atoms with Crippen molar-refractivity contribution in [3.05, 3.63) is 32.4 Å². The molecule has 0 radical (unpaired) electrons. The summed E-state index contributed by atoms with van der Waals surface area (Å²) in [6.07, 6.45) is 4.78. The van der Waals surface area contributed by atoms with Crippen molar-refractivity contribution >= 4 is 38.2 Å². The van der Waals surface area contributed by atoms with Crippen LogP contribution in [0.2, 0.25) is 0 Å². The van der Waals surface area contributed by atoms with E-state index in [1.807, 2.05) is 6.92 Å². The number of hydrogen-bond acceptors (Lipinski definition) is 4. The number of carbonyl (C=O) groups is 1. The van der Waals surface area contributed by atoms with Gasteiger partial charge in [0.1, 0.15) is 17.6 Å². The number of nitrogens with one attached hydrogen (secondary N) is 1. The number of rotatable bonds is 3. The molecule has 26 heavy (non-hydrogen) atoms. The number of nitriles is 1. The van der Waals surface area contributed by atoms with Crippen molar-refractivity contribution < 1.29 is 4.79 Å². The maximum atomic E-state index is 12.4. The molecule has 7 heteroatoms.